The molecule has 5 atom stereocenters. The van der Waals surface area contributed by atoms with E-state index in [1.54, 1.807) is 18.2 Å². The van der Waals surface area contributed by atoms with E-state index in [4.69, 9.17) is 26.1 Å². The van der Waals surface area contributed by atoms with Crippen LogP contribution in [-0.2, 0) is 9.53 Å². The first-order valence-corrected chi connectivity index (χ1v) is 11.7. The predicted octanol–water partition coefficient (Wildman–Crippen LogP) is -0.156. The zero-order valence-electron chi connectivity index (χ0n) is 19.0. The highest BCUT2D eigenvalue weighted by Gasteiger charge is 2.53. The van der Waals surface area contributed by atoms with Gasteiger partial charge < -0.3 is 39.6 Å². The molecule has 0 aliphatic carbocycles. The quantitative estimate of drug-likeness (QED) is 0.481. The largest absolute Gasteiger partial charge is 0.547 e. The summed E-state index contributed by atoms with van der Waals surface area (Å²) in [6.07, 6.45) is -7.70. The number of aliphatic hydroxyl groups is 3. The lowest BCUT2D eigenvalue weighted by molar-refractivity contribution is -0.964. The van der Waals surface area contributed by atoms with Crippen LogP contribution in [0.1, 0.15) is 5.56 Å². The van der Waals surface area contributed by atoms with Gasteiger partial charge in [0.2, 0.25) is 6.23 Å². The van der Waals surface area contributed by atoms with E-state index in [0.29, 0.717) is 54.2 Å². The number of carboxylic acid groups (broad SMARTS) is 1. The summed E-state index contributed by atoms with van der Waals surface area (Å²) in [6, 6.07) is 12.8. The van der Waals surface area contributed by atoms with E-state index in [9.17, 15) is 25.2 Å². The van der Waals surface area contributed by atoms with Crippen molar-refractivity contribution >= 4 is 29.1 Å². The first kappa shape index (κ1) is 24.0. The van der Waals surface area contributed by atoms with E-state index in [2.05, 4.69) is 4.90 Å². The fourth-order valence-corrected chi connectivity index (χ4v) is 5.07. The monoisotopic (exact) mass is 503 g/mol. The Morgan fingerprint density at radius 3 is 2.51 bits per heavy atom. The molecule has 2 aromatic rings. The number of nitrogens with zero attached hydrogens (tertiary/aromatic N) is 3. The van der Waals surface area contributed by atoms with E-state index in [1.165, 1.54) is 0 Å². The number of fused-ring (bicyclic) bond motifs is 2. The Labute approximate surface area is 206 Å². The molecule has 0 spiro atoms. The lowest BCUT2D eigenvalue weighted by Gasteiger charge is -2.52. The van der Waals surface area contributed by atoms with Gasteiger partial charge in [-0.05, 0) is 30.3 Å². The molecular formula is C24H26ClN3O7. The van der Waals surface area contributed by atoms with Crippen molar-refractivity contribution in [2.24, 2.45) is 4.99 Å². The molecule has 0 radical (unpaired) electrons. The van der Waals surface area contributed by atoms with Crippen LogP contribution in [0, 0.1) is 0 Å². The molecule has 11 heteroatoms. The third kappa shape index (κ3) is 4.26. The number of hydrogen-bond donors (Lipinski definition) is 3. The molecular weight excluding hydrogens is 478 g/mol. The Hall–Kier alpha value is -2.73. The molecule has 0 unspecified atom stereocenters. The molecule has 5 rings (SSSR count). The van der Waals surface area contributed by atoms with Crippen molar-refractivity contribution in [1.29, 1.82) is 0 Å². The average molecular weight is 504 g/mol. The zero-order valence-corrected chi connectivity index (χ0v) is 19.7. The minimum Gasteiger partial charge on any atom is -0.547 e. The maximum atomic E-state index is 11.4. The Morgan fingerprint density at radius 1 is 1.09 bits per heavy atom. The van der Waals surface area contributed by atoms with Crippen LogP contribution < -0.4 is 9.84 Å². The van der Waals surface area contributed by atoms with E-state index in [-0.39, 0.29) is 4.48 Å². The third-order valence-corrected chi connectivity index (χ3v) is 7.23. The number of piperazine rings is 1. The van der Waals surface area contributed by atoms with Crippen molar-refractivity contribution in [2.45, 2.75) is 30.6 Å². The molecule has 0 bridgehead atoms. The van der Waals surface area contributed by atoms with Gasteiger partial charge in [-0.3, -0.25) is 4.48 Å². The number of carboxylic acids is 1. The second kappa shape index (κ2) is 9.05. The predicted molar refractivity (Wildman–Crippen MR) is 123 cm³/mol. The summed E-state index contributed by atoms with van der Waals surface area (Å²) < 4.78 is 11.8. The molecule has 0 aromatic heterocycles. The Morgan fingerprint density at radius 2 is 1.80 bits per heavy atom. The number of benzene rings is 2. The van der Waals surface area contributed by atoms with Crippen molar-refractivity contribution in [2.75, 3.05) is 33.2 Å². The summed E-state index contributed by atoms with van der Waals surface area (Å²) in [5.74, 6) is 0.301. The van der Waals surface area contributed by atoms with Gasteiger partial charge in [0, 0.05) is 5.02 Å². The summed E-state index contributed by atoms with van der Waals surface area (Å²) in [6.45, 7) is 1.87. The number of likely N-dealkylation sites (N-methyl/N-ethyl adjacent to an activating group) is 1. The van der Waals surface area contributed by atoms with Crippen molar-refractivity contribution < 1.29 is 39.2 Å². The minimum atomic E-state index is -1.78. The summed E-state index contributed by atoms with van der Waals surface area (Å²) in [7, 11) is 1.82. The van der Waals surface area contributed by atoms with Gasteiger partial charge in [0.25, 0.3) is 0 Å². The normalized spacial score (nSPS) is 29.8. The molecule has 2 fully saturated rings. The van der Waals surface area contributed by atoms with Crippen molar-refractivity contribution in [1.82, 2.24) is 4.90 Å². The number of aliphatic hydroxyl groups excluding tert-OH is 3. The number of rotatable bonds is 2. The van der Waals surface area contributed by atoms with Crippen LogP contribution in [-0.4, -0.2) is 100 Å². The number of ether oxygens (including phenoxy) is 2. The molecule has 0 saturated carbocycles. The third-order valence-electron chi connectivity index (χ3n) is 6.99. The number of quaternary nitrogens is 1. The highest BCUT2D eigenvalue weighted by Crippen LogP contribution is 2.39. The molecule has 3 aliphatic rings. The second-order valence-corrected chi connectivity index (χ2v) is 9.73. The van der Waals surface area contributed by atoms with Crippen LogP contribution in [0.3, 0.4) is 0 Å². The van der Waals surface area contributed by atoms with Crippen molar-refractivity contribution in [3.8, 4) is 11.5 Å². The Balaban J connectivity index is 1.42. The number of halogens is 1. The van der Waals surface area contributed by atoms with Crippen LogP contribution in [0.5, 0.6) is 11.5 Å². The van der Waals surface area contributed by atoms with Gasteiger partial charge in [0.15, 0.2) is 11.9 Å². The highest BCUT2D eigenvalue weighted by atomic mass is 35.5. The van der Waals surface area contributed by atoms with Gasteiger partial charge in [-0.15, -0.1) is 0 Å². The van der Waals surface area contributed by atoms with Gasteiger partial charge in [0.05, 0.1) is 44.8 Å². The number of amidine groups is 1. The van der Waals surface area contributed by atoms with Crippen LogP contribution in [0.2, 0.25) is 5.02 Å². The number of carbonyl (C=O) groups is 1. The van der Waals surface area contributed by atoms with Crippen LogP contribution in [0.4, 0.5) is 5.69 Å². The molecule has 2 aromatic carbocycles. The first-order valence-electron chi connectivity index (χ1n) is 11.3. The van der Waals surface area contributed by atoms with Gasteiger partial charge in [0.1, 0.15) is 35.6 Å². The summed E-state index contributed by atoms with van der Waals surface area (Å²) in [5, 5.41) is 42.9. The fourth-order valence-electron chi connectivity index (χ4n) is 4.90. The van der Waals surface area contributed by atoms with Gasteiger partial charge >= 0.3 is 0 Å². The molecule has 3 heterocycles. The van der Waals surface area contributed by atoms with Crippen LogP contribution >= 0.6 is 11.6 Å². The van der Waals surface area contributed by atoms with Crippen LogP contribution in [0.25, 0.3) is 0 Å². The lowest BCUT2D eigenvalue weighted by Crippen LogP contribution is -2.73. The van der Waals surface area contributed by atoms with Gasteiger partial charge in [-0.2, -0.15) is 0 Å². The standard InChI is InChI=1S/C24H26ClN3O7/c1-28(23-20(31)18(29)19(30)21(35-23)24(32)33)10-8-27(9-11-28)22-14-12-13(25)6-7-16(14)34-17-5-3-2-4-15(17)26-22/h2-7,12,18-21,23,29-31H,8-11H2,1H3/t18-,19-,20+,21-,23+/m0/s1. The molecule has 3 N–H and O–H groups in total. The van der Waals surface area contributed by atoms with E-state index < -0.39 is 36.6 Å². The molecule has 35 heavy (non-hydrogen) atoms. The second-order valence-electron chi connectivity index (χ2n) is 9.30. The highest BCUT2D eigenvalue weighted by molar-refractivity contribution is 6.31. The SMILES string of the molecule is C[N+]1([C@@H]2O[C@H](C(=O)[O-])[C@@H](O)[C@H](O)[C@H]2O)CCN(C2=Nc3ccccc3Oc3ccc(Cl)cc32)CC1. The molecule has 10 nitrogen and oxygen atoms in total. The van der Waals surface area contributed by atoms with E-state index in [0.717, 1.165) is 5.56 Å². The molecule has 186 valence electrons. The average Bonchev–Trinajstić information content (AvgIpc) is 2.99. The van der Waals surface area contributed by atoms with Gasteiger partial charge in [-0.25, -0.2) is 4.99 Å². The van der Waals surface area contributed by atoms with Crippen molar-refractivity contribution in [3.05, 3.63) is 53.1 Å². The van der Waals surface area contributed by atoms with Gasteiger partial charge in [-0.1, -0.05) is 23.7 Å². The minimum absolute atomic E-state index is 0.133. The number of hydrogen-bond acceptors (Lipinski definition) is 9. The number of aliphatic carboxylic acids is 1. The first-order chi connectivity index (χ1) is 16.7. The number of aliphatic imine (C=N–C) groups is 1. The fraction of sp³-hybridized carbons (Fsp3) is 0.417. The summed E-state index contributed by atoms with van der Waals surface area (Å²) in [5.41, 5.74) is 1.42. The topological polar surface area (TPSA) is 135 Å². The number of carbonyl (C=O) groups excluding carboxylic acids is 1. The smallest absolute Gasteiger partial charge is 0.223 e. The lowest BCUT2D eigenvalue weighted by atomic mass is 9.96. The van der Waals surface area contributed by atoms with Crippen LogP contribution in [0.15, 0.2) is 47.5 Å². The number of para-hydroxylation sites is 2. The Kier molecular flexibility index (Phi) is 6.20. The zero-order chi connectivity index (χ0) is 24.9. The van der Waals surface area contributed by atoms with E-state index >= 15 is 0 Å². The van der Waals surface area contributed by atoms with Crippen molar-refractivity contribution in [3.63, 3.8) is 0 Å². The van der Waals surface area contributed by atoms with E-state index in [1.807, 2.05) is 31.3 Å². The summed E-state index contributed by atoms with van der Waals surface area (Å²) in [4.78, 5) is 18.4. The Bertz CT molecular complexity index is 1170. The molecule has 3 aliphatic heterocycles. The maximum absolute atomic E-state index is 11.4. The summed E-state index contributed by atoms with van der Waals surface area (Å²) >= 11 is 6.30. The molecule has 2 saturated heterocycles. The maximum Gasteiger partial charge on any atom is 0.223 e. The molecule has 0 amide bonds.